The van der Waals surface area contributed by atoms with E-state index in [0.29, 0.717) is 12.5 Å². The maximum absolute atomic E-state index is 5.78. The van der Waals surface area contributed by atoms with Crippen LogP contribution in [0.1, 0.15) is 6.42 Å². The van der Waals surface area contributed by atoms with Crippen molar-refractivity contribution in [2.24, 2.45) is 0 Å². The summed E-state index contributed by atoms with van der Waals surface area (Å²) in [4.78, 5) is 11.6. The lowest BCUT2D eigenvalue weighted by Gasteiger charge is -2.13. The van der Waals surface area contributed by atoms with Crippen molar-refractivity contribution in [3.8, 4) is 5.88 Å². The van der Waals surface area contributed by atoms with E-state index in [1.165, 1.54) is 11.9 Å². The van der Waals surface area contributed by atoms with Gasteiger partial charge in [-0.3, -0.25) is 4.98 Å². The Labute approximate surface area is 143 Å². The van der Waals surface area contributed by atoms with E-state index < -0.39 is 0 Å². The van der Waals surface area contributed by atoms with E-state index in [0.717, 1.165) is 28.0 Å². The largest absolute Gasteiger partial charge is 0.476 e. The molecule has 0 aromatic carbocycles. The molecule has 2 heterocycles. The molecule has 0 radical (unpaired) electrons. The zero-order chi connectivity index (χ0) is 15.8. The highest BCUT2D eigenvalue weighted by Crippen LogP contribution is 2.29. The van der Waals surface area contributed by atoms with E-state index in [1.54, 1.807) is 18.6 Å². The Kier molecular flexibility index (Phi) is 6.95. The molecule has 0 fully saturated rings. The van der Waals surface area contributed by atoms with Crippen molar-refractivity contribution in [2.75, 3.05) is 32.0 Å². The summed E-state index contributed by atoms with van der Waals surface area (Å²) in [7, 11) is 4.10. The van der Waals surface area contributed by atoms with Gasteiger partial charge in [0.25, 0.3) is 0 Å². The molecule has 0 aliphatic carbocycles. The zero-order valence-electron chi connectivity index (χ0n) is 12.6. The van der Waals surface area contributed by atoms with Gasteiger partial charge in [-0.2, -0.15) is 0 Å². The monoisotopic (exact) mass is 382 g/mol. The van der Waals surface area contributed by atoms with Gasteiger partial charge in [0.1, 0.15) is 5.69 Å². The second-order valence-corrected chi connectivity index (χ2v) is 6.70. The lowest BCUT2D eigenvalue weighted by Crippen LogP contribution is -2.15. The first-order valence-electron chi connectivity index (χ1n) is 6.91. The molecule has 2 aromatic heterocycles. The Morgan fingerprint density at radius 2 is 2.23 bits per heavy atom. The van der Waals surface area contributed by atoms with Gasteiger partial charge in [0.05, 0.1) is 6.61 Å². The molecule has 0 aliphatic rings. The van der Waals surface area contributed by atoms with E-state index in [1.807, 2.05) is 18.2 Å². The number of hydrogen-bond acceptors (Lipinski definition) is 6. The summed E-state index contributed by atoms with van der Waals surface area (Å²) in [6, 6.07) is 5.85. The number of pyridine rings is 2. The minimum Gasteiger partial charge on any atom is -0.476 e. The number of hydrogen-bond donors (Lipinski definition) is 1. The first kappa shape index (κ1) is 17.1. The van der Waals surface area contributed by atoms with Gasteiger partial charge in [0.15, 0.2) is 0 Å². The molecule has 0 aliphatic heterocycles. The average molecular weight is 383 g/mol. The first-order valence-corrected chi connectivity index (χ1v) is 8.52. The predicted octanol–water partition coefficient (Wildman–Crippen LogP) is 3.69. The van der Waals surface area contributed by atoms with Crippen LogP contribution in [-0.4, -0.2) is 42.1 Å². The Bertz CT molecular complexity index is 583. The summed E-state index contributed by atoms with van der Waals surface area (Å²) in [5, 5.41) is 0. The molecule has 2 rings (SSSR count). The number of anilines is 1. The summed E-state index contributed by atoms with van der Waals surface area (Å²) >= 11 is 4.92. The fourth-order valence-corrected chi connectivity index (χ4v) is 2.65. The Balaban J connectivity index is 1.95. The van der Waals surface area contributed by atoms with Crippen LogP contribution in [0.4, 0.5) is 5.69 Å². The molecule has 7 heteroatoms. The fraction of sp³-hybridized carbons (Fsp3) is 0.333. The van der Waals surface area contributed by atoms with Crippen LogP contribution in [0.3, 0.4) is 0 Å². The van der Waals surface area contributed by atoms with Gasteiger partial charge in [0.2, 0.25) is 5.88 Å². The summed E-state index contributed by atoms with van der Waals surface area (Å²) in [5.74, 6) is 0.610. The van der Waals surface area contributed by atoms with E-state index in [2.05, 4.69) is 49.6 Å². The number of halogens is 1. The molecular weight excluding hydrogens is 364 g/mol. The van der Waals surface area contributed by atoms with Gasteiger partial charge in [-0.05, 0) is 66.6 Å². The van der Waals surface area contributed by atoms with Crippen molar-refractivity contribution >= 4 is 33.6 Å². The number of nitrogens with one attached hydrogen (secondary N) is 1. The second-order valence-electron chi connectivity index (χ2n) is 4.90. The SMILES string of the molecule is CN(C)CCCOc1ncc(Br)cc1NSc1cccnc1. The normalized spacial score (nSPS) is 10.7. The van der Waals surface area contributed by atoms with Crippen LogP contribution in [0.15, 0.2) is 46.2 Å². The molecule has 0 amide bonds. The van der Waals surface area contributed by atoms with E-state index in [9.17, 15) is 0 Å². The summed E-state index contributed by atoms with van der Waals surface area (Å²) in [6.07, 6.45) is 6.26. The molecular formula is C15H19BrN4OS. The zero-order valence-corrected chi connectivity index (χ0v) is 15.0. The quantitative estimate of drug-likeness (QED) is 0.554. The van der Waals surface area contributed by atoms with Crippen molar-refractivity contribution in [1.29, 1.82) is 0 Å². The maximum Gasteiger partial charge on any atom is 0.238 e. The first-order chi connectivity index (χ1) is 10.6. The third-order valence-electron chi connectivity index (χ3n) is 2.72. The fourth-order valence-electron chi connectivity index (χ4n) is 1.69. The number of ether oxygens (including phenoxy) is 1. The van der Waals surface area contributed by atoms with Crippen LogP contribution in [-0.2, 0) is 0 Å². The Morgan fingerprint density at radius 3 is 2.95 bits per heavy atom. The Hall–Kier alpha value is -1.31. The standard InChI is InChI=1S/C15H19BrN4OS/c1-20(2)7-4-8-21-15-14(9-12(16)10-18-15)19-22-13-5-3-6-17-11-13/h3,5-6,9-11,19H,4,7-8H2,1-2H3. The number of nitrogens with zero attached hydrogens (tertiary/aromatic N) is 3. The van der Waals surface area contributed by atoms with Crippen LogP contribution in [0.25, 0.3) is 0 Å². The van der Waals surface area contributed by atoms with Gasteiger partial charge < -0.3 is 14.4 Å². The molecule has 2 aromatic rings. The molecule has 0 atom stereocenters. The summed E-state index contributed by atoms with van der Waals surface area (Å²) in [6.45, 7) is 1.63. The van der Waals surface area contributed by atoms with Gasteiger partial charge in [-0.15, -0.1) is 0 Å². The molecule has 0 saturated carbocycles. The van der Waals surface area contributed by atoms with Crippen molar-refractivity contribution in [3.05, 3.63) is 41.3 Å². The van der Waals surface area contributed by atoms with Crippen molar-refractivity contribution < 1.29 is 4.74 Å². The molecule has 0 unspecified atom stereocenters. The molecule has 0 bridgehead atoms. The molecule has 22 heavy (non-hydrogen) atoms. The topological polar surface area (TPSA) is 50.3 Å². The van der Waals surface area contributed by atoms with Crippen molar-refractivity contribution in [3.63, 3.8) is 0 Å². The van der Waals surface area contributed by atoms with Gasteiger partial charge in [-0.25, -0.2) is 4.98 Å². The molecule has 5 nitrogen and oxygen atoms in total. The van der Waals surface area contributed by atoms with Crippen LogP contribution in [0.2, 0.25) is 0 Å². The minimum absolute atomic E-state index is 0.610. The molecule has 0 saturated heterocycles. The number of rotatable bonds is 8. The summed E-state index contributed by atoms with van der Waals surface area (Å²) < 4.78 is 9.95. The maximum atomic E-state index is 5.78. The van der Waals surface area contributed by atoms with Gasteiger partial charge in [-0.1, -0.05) is 0 Å². The van der Waals surface area contributed by atoms with E-state index >= 15 is 0 Å². The van der Waals surface area contributed by atoms with Gasteiger partial charge in [0, 0.05) is 34.5 Å². The van der Waals surface area contributed by atoms with Crippen molar-refractivity contribution in [2.45, 2.75) is 11.3 Å². The third-order valence-corrected chi connectivity index (χ3v) is 3.95. The van der Waals surface area contributed by atoms with Crippen LogP contribution < -0.4 is 9.46 Å². The molecule has 118 valence electrons. The van der Waals surface area contributed by atoms with E-state index in [4.69, 9.17) is 4.74 Å². The summed E-state index contributed by atoms with van der Waals surface area (Å²) in [5.41, 5.74) is 0.841. The average Bonchev–Trinajstić information content (AvgIpc) is 2.52. The minimum atomic E-state index is 0.610. The van der Waals surface area contributed by atoms with Crippen LogP contribution in [0.5, 0.6) is 5.88 Å². The smallest absolute Gasteiger partial charge is 0.238 e. The predicted molar refractivity (Wildman–Crippen MR) is 94.3 cm³/mol. The number of aromatic nitrogens is 2. The molecule has 0 spiro atoms. The van der Waals surface area contributed by atoms with E-state index in [-0.39, 0.29) is 0 Å². The third kappa shape index (κ3) is 5.82. The van der Waals surface area contributed by atoms with Crippen LogP contribution >= 0.6 is 27.9 Å². The highest BCUT2D eigenvalue weighted by atomic mass is 79.9. The highest BCUT2D eigenvalue weighted by Gasteiger charge is 2.07. The van der Waals surface area contributed by atoms with Gasteiger partial charge >= 0.3 is 0 Å². The Morgan fingerprint density at radius 1 is 1.36 bits per heavy atom. The second kappa shape index (κ2) is 8.97. The lowest BCUT2D eigenvalue weighted by molar-refractivity contribution is 0.274. The van der Waals surface area contributed by atoms with Crippen molar-refractivity contribution in [1.82, 2.24) is 14.9 Å². The highest BCUT2D eigenvalue weighted by molar-refractivity contribution is 9.10. The lowest BCUT2D eigenvalue weighted by atomic mass is 10.4. The molecule has 1 N–H and O–H groups in total. The van der Waals surface area contributed by atoms with Crippen LogP contribution in [0, 0.1) is 0 Å².